The van der Waals surface area contributed by atoms with Gasteiger partial charge in [-0.25, -0.2) is 15.8 Å². The van der Waals surface area contributed by atoms with Crippen molar-refractivity contribution < 1.29 is 9.53 Å². The van der Waals surface area contributed by atoms with Gasteiger partial charge in [0.15, 0.2) is 0 Å². The zero-order valence-electron chi connectivity index (χ0n) is 13.5. The Morgan fingerprint density at radius 2 is 1.91 bits per heavy atom. The third-order valence-electron chi connectivity index (χ3n) is 3.18. The second-order valence-corrected chi connectivity index (χ2v) is 5.59. The fourth-order valence-corrected chi connectivity index (χ4v) is 2.12. The van der Waals surface area contributed by atoms with Crippen molar-refractivity contribution in [2.24, 2.45) is 11.8 Å². The van der Waals surface area contributed by atoms with Crippen molar-refractivity contribution in [1.82, 2.24) is 15.4 Å². The molecule has 7 heteroatoms. The van der Waals surface area contributed by atoms with Crippen LogP contribution in [0.1, 0.15) is 29.9 Å². The summed E-state index contributed by atoms with van der Waals surface area (Å²) in [6.07, 6.45) is 0. The average Bonchev–Trinajstić information content (AvgIpc) is 2.52. The van der Waals surface area contributed by atoms with Crippen LogP contribution in [0, 0.1) is 12.8 Å². The highest BCUT2D eigenvalue weighted by atomic mass is 16.5. The van der Waals surface area contributed by atoms with E-state index in [0.29, 0.717) is 29.5 Å². The number of hydrazine groups is 1. The molecule has 2 aromatic rings. The minimum Gasteiger partial charge on any atom is -0.493 e. The number of nitrogens with zero attached hydrogens (tertiary/aromatic N) is 2. The van der Waals surface area contributed by atoms with Crippen LogP contribution in [0.2, 0.25) is 0 Å². The number of aryl methyl sites for hydroxylation is 1. The quantitative estimate of drug-likeness (QED) is 0.439. The van der Waals surface area contributed by atoms with Crippen LogP contribution >= 0.6 is 0 Å². The standard InChI is InChI=1S/C16H21N5O2/c1-9(2)8-23-12-6-4-11(5-7-12)14-13(15(22)21-18)10(3)19-16(17)20-14/h4-7,9H,8,18H2,1-3H3,(H,21,22)(H2,17,19,20). The minimum absolute atomic E-state index is 0.103. The summed E-state index contributed by atoms with van der Waals surface area (Å²) in [5.74, 6) is 6.08. The summed E-state index contributed by atoms with van der Waals surface area (Å²) in [6, 6.07) is 7.30. The third kappa shape index (κ3) is 3.95. The first kappa shape index (κ1) is 16.7. The summed E-state index contributed by atoms with van der Waals surface area (Å²) < 4.78 is 5.65. The number of benzene rings is 1. The van der Waals surface area contributed by atoms with Crippen LogP contribution in [0.15, 0.2) is 24.3 Å². The largest absolute Gasteiger partial charge is 0.493 e. The summed E-state index contributed by atoms with van der Waals surface area (Å²) in [7, 11) is 0. The van der Waals surface area contributed by atoms with Gasteiger partial charge >= 0.3 is 0 Å². The first-order valence-corrected chi connectivity index (χ1v) is 7.30. The lowest BCUT2D eigenvalue weighted by Crippen LogP contribution is -2.31. The summed E-state index contributed by atoms with van der Waals surface area (Å²) in [4.78, 5) is 20.2. The van der Waals surface area contributed by atoms with Crippen molar-refractivity contribution in [3.05, 3.63) is 35.5 Å². The highest BCUT2D eigenvalue weighted by Gasteiger charge is 2.18. The van der Waals surface area contributed by atoms with Gasteiger partial charge in [-0.05, 0) is 37.1 Å². The molecule has 1 amide bonds. The number of rotatable bonds is 5. The summed E-state index contributed by atoms with van der Waals surface area (Å²) in [6.45, 7) is 6.49. The smallest absolute Gasteiger partial charge is 0.269 e. The van der Waals surface area contributed by atoms with Gasteiger partial charge in [-0.3, -0.25) is 10.2 Å². The lowest BCUT2D eigenvalue weighted by molar-refractivity contribution is 0.0953. The first-order valence-electron chi connectivity index (χ1n) is 7.30. The zero-order chi connectivity index (χ0) is 17.0. The van der Waals surface area contributed by atoms with Crippen molar-refractivity contribution in [3.63, 3.8) is 0 Å². The van der Waals surface area contributed by atoms with Crippen molar-refractivity contribution in [2.75, 3.05) is 12.3 Å². The van der Waals surface area contributed by atoms with Gasteiger partial charge in [-0.2, -0.15) is 0 Å². The molecule has 1 heterocycles. The molecule has 0 aliphatic rings. The molecule has 0 spiro atoms. The molecule has 7 nitrogen and oxygen atoms in total. The number of amides is 1. The van der Waals surface area contributed by atoms with Gasteiger partial charge in [-0.15, -0.1) is 0 Å². The molecular formula is C16H21N5O2. The summed E-state index contributed by atoms with van der Waals surface area (Å²) in [5, 5.41) is 0. The Morgan fingerprint density at radius 3 is 2.48 bits per heavy atom. The van der Waals surface area contributed by atoms with Gasteiger partial charge in [0.1, 0.15) is 5.75 Å². The number of hydrogen-bond acceptors (Lipinski definition) is 6. The molecular weight excluding hydrogens is 294 g/mol. The minimum atomic E-state index is -0.461. The summed E-state index contributed by atoms with van der Waals surface area (Å²) in [5.41, 5.74) is 9.76. The van der Waals surface area contributed by atoms with Gasteiger partial charge in [0.25, 0.3) is 5.91 Å². The van der Waals surface area contributed by atoms with E-state index in [-0.39, 0.29) is 5.95 Å². The Bertz CT molecular complexity index is 698. The maximum absolute atomic E-state index is 12.0. The number of aromatic nitrogens is 2. The molecule has 0 unspecified atom stereocenters. The Morgan fingerprint density at radius 1 is 1.26 bits per heavy atom. The van der Waals surface area contributed by atoms with Gasteiger partial charge in [0.05, 0.1) is 23.6 Å². The number of nitrogens with two attached hydrogens (primary N) is 2. The van der Waals surface area contributed by atoms with Gasteiger partial charge < -0.3 is 10.5 Å². The van der Waals surface area contributed by atoms with Crippen LogP contribution in [0.3, 0.4) is 0 Å². The number of ether oxygens (including phenoxy) is 1. The monoisotopic (exact) mass is 315 g/mol. The molecule has 1 aromatic carbocycles. The van der Waals surface area contributed by atoms with Gasteiger partial charge in [0, 0.05) is 5.56 Å². The SMILES string of the molecule is Cc1nc(N)nc(-c2ccc(OCC(C)C)cc2)c1C(=O)NN. The van der Waals surface area contributed by atoms with E-state index in [0.717, 1.165) is 11.3 Å². The molecule has 0 aliphatic heterocycles. The Labute approximate surface area is 135 Å². The van der Waals surface area contributed by atoms with Gasteiger partial charge in [-0.1, -0.05) is 13.8 Å². The third-order valence-corrected chi connectivity index (χ3v) is 3.18. The van der Waals surface area contributed by atoms with E-state index in [1.54, 1.807) is 6.92 Å². The molecule has 0 bridgehead atoms. The van der Waals surface area contributed by atoms with Crippen molar-refractivity contribution in [1.29, 1.82) is 0 Å². The molecule has 1 aromatic heterocycles. The fourth-order valence-electron chi connectivity index (χ4n) is 2.12. The van der Waals surface area contributed by atoms with Crippen molar-refractivity contribution >= 4 is 11.9 Å². The number of nitrogens with one attached hydrogen (secondary N) is 1. The molecule has 0 saturated carbocycles. The van der Waals surface area contributed by atoms with E-state index in [9.17, 15) is 4.79 Å². The molecule has 0 radical (unpaired) electrons. The van der Waals surface area contributed by atoms with Crippen LogP contribution in [0.5, 0.6) is 5.75 Å². The number of carbonyl (C=O) groups excluding carboxylic acids is 1. The fraction of sp³-hybridized carbons (Fsp3) is 0.312. The molecule has 0 fully saturated rings. The molecule has 23 heavy (non-hydrogen) atoms. The van der Waals surface area contributed by atoms with E-state index in [4.69, 9.17) is 16.3 Å². The first-order chi connectivity index (χ1) is 10.9. The number of nitrogen functional groups attached to an aromatic ring is 2. The number of hydrogen-bond donors (Lipinski definition) is 3. The van der Waals surface area contributed by atoms with Crippen molar-refractivity contribution in [2.45, 2.75) is 20.8 Å². The Hall–Kier alpha value is -2.67. The van der Waals surface area contributed by atoms with E-state index in [1.165, 1.54) is 0 Å². The number of carbonyl (C=O) groups is 1. The molecule has 0 saturated heterocycles. The highest BCUT2D eigenvalue weighted by molar-refractivity contribution is 6.00. The number of anilines is 1. The molecule has 0 aliphatic carbocycles. The molecule has 5 N–H and O–H groups in total. The van der Waals surface area contributed by atoms with Crippen LogP contribution in [0.4, 0.5) is 5.95 Å². The van der Waals surface area contributed by atoms with Crippen LogP contribution < -0.4 is 21.7 Å². The van der Waals surface area contributed by atoms with E-state index < -0.39 is 5.91 Å². The maximum atomic E-state index is 12.0. The van der Waals surface area contributed by atoms with Crippen LogP contribution in [-0.4, -0.2) is 22.5 Å². The maximum Gasteiger partial charge on any atom is 0.269 e. The second-order valence-electron chi connectivity index (χ2n) is 5.59. The normalized spacial score (nSPS) is 10.7. The van der Waals surface area contributed by atoms with Gasteiger partial charge in [0.2, 0.25) is 5.95 Å². The second kappa shape index (κ2) is 7.06. The van der Waals surface area contributed by atoms with Crippen LogP contribution in [0.25, 0.3) is 11.3 Å². The Kier molecular flexibility index (Phi) is 5.13. The molecule has 0 atom stereocenters. The van der Waals surface area contributed by atoms with Crippen molar-refractivity contribution in [3.8, 4) is 17.0 Å². The topological polar surface area (TPSA) is 116 Å². The Balaban J connectivity index is 2.39. The van der Waals surface area contributed by atoms with E-state index in [1.807, 2.05) is 24.3 Å². The summed E-state index contributed by atoms with van der Waals surface area (Å²) >= 11 is 0. The predicted octanol–water partition coefficient (Wildman–Crippen LogP) is 1.67. The van der Waals surface area contributed by atoms with Crippen LogP contribution in [-0.2, 0) is 0 Å². The average molecular weight is 315 g/mol. The lowest BCUT2D eigenvalue weighted by Gasteiger charge is -2.12. The lowest BCUT2D eigenvalue weighted by atomic mass is 10.0. The zero-order valence-corrected chi connectivity index (χ0v) is 13.5. The molecule has 2 rings (SSSR count). The van der Waals surface area contributed by atoms with E-state index in [2.05, 4.69) is 29.2 Å². The molecule has 122 valence electrons. The predicted molar refractivity (Wildman–Crippen MR) is 88.6 cm³/mol. The highest BCUT2D eigenvalue weighted by Crippen LogP contribution is 2.26. The van der Waals surface area contributed by atoms with E-state index >= 15 is 0 Å².